The summed E-state index contributed by atoms with van der Waals surface area (Å²) in [5, 5.41) is 3.80. The van der Waals surface area contributed by atoms with E-state index in [2.05, 4.69) is 10.3 Å². The fraction of sp³-hybridized carbons (Fsp3) is 0.308. The van der Waals surface area contributed by atoms with E-state index in [1.54, 1.807) is 26.5 Å². The zero-order chi connectivity index (χ0) is 13.7. The minimum atomic E-state index is 0.579. The lowest BCUT2D eigenvalue weighted by Gasteiger charge is -2.11. The molecule has 0 aliphatic carbocycles. The Hall–Kier alpha value is -1.72. The predicted octanol–water partition coefficient (Wildman–Crippen LogP) is 2.94. The molecule has 0 fully saturated rings. The maximum absolute atomic E-state index is 5.99. The van der Waals surface area contributed by atoms with Crippen LogP contribution in [0.5, 0.6) is 5.75 Å². The van der Waals surface area contributed by atoms with Crippen molar-refractivity contribution in [3.8, 4) is 5.75 Å². The van der Waals surface area contributed by atoms with Crippen LogP contribution in [0.2, 0.25) is 5.02 Å². The normalized spacial score (nSPS) is 10.5. The molecule has 1 aromatic carbocycles. The molecule has 0 saturated carbocycles. The first-order valence-electron chi connectivity index (χ1n) is 5.85. The lowest BCUT2D eigenvalue weighted by molar-refractivity contribution is 0.188. The summed E-state index contributed by atoms with van der Waals surface area (Å²) in [7, 11) is 3.26. The third kappa shape index (κ3) is 3.39. The zero-order valence-electron chi connectivity index (χ0n) is 10.9. The van der Waals surface area contributed by atoms with E-state index in [9.17, 15) is 0 Å². The summed E-state index contributed by atoms with van der Waals surface area (Å²) >= 11 is 5.99. The number of hydrogen-bond donors (Lipinski definition) is 1. The van der Waals surface area contributed by atoms with Crippen LogP contribution >= 0.6 is 11.6 Å². The van der Waals surface area contributed by atoms with Crippen molar-refractivity contribution >= 4 is 23.2 Å². The summed E-state index contributed by atoms with van der Waals surface area (Å²) in [6.07, 6.45) is 3.64. The zero-order valence-corrected chi connectivity index (χ0v) is 11.6. The Morgan fingerprint density at radius 1 is 1.37 bits per heavy atom. The number of rotatable bonds is 6. The molecule has 19 heavy (non-hydrogen) atoms. The summed E-state index contributed by atoms with van der Waals surface area (Å²) in [5.74, 6) is 1.38. The molecule has 0 atom stereocenters. The monoisotopic (exact) mass is 281 g/mol. The highest BCUT2D eigenvalue weighted by molar-refractivity contribution is 6.32. The van der Waals surface area contributed by atoms with E-state index in [4.69, 9.17) is 21.1 Å². The molecule has 0 spiro atoms. The van der Waals surface area contributed by atoms with Crippen molar-refractivity contribution in [2.24, 2.45) is 0 Å². The van der Waals surface area contributed by atoms with E-state index in [0.29, 0.717) is 17.4 Å². The van der Waals surface area contributed by atoms with Gasteiger partial charge in [-0.1, -0.05) is 11.6 Å². The summed E-state index contributed by atoms with van der Waals surface area (Å²) in [5.41, 5.74) is 0.867. The molecule has 0 saturated heterocycles. The van der Waals surface area contributed by atoms with Crippen LogP contribution in [-0.4, -0.2) is 30.4 Å². The molecule has 0 unspecified atom stereocenters. The predicted molar refractivity (Wildman–Crippen MR) is 75.4 cm³/mol. The molecule has 0 aliphatic heterocycles. The fourth-order valence-corrected chi connectivity index (χ4v) is 1.86. The van der Waals surface area contributed by atoms with Crippen LogP contribution in [0.25, 0.3) is 0 Å². The van der Waals surface area contributed by atoms with Crippen molar-refractivity contribution in [1.82, 2.24) is 9.55 Å². The Morgan fingerprint density at radius 3 is 2.95 bits per heavy atom. The topological polar surface area (TPSA) is 48.3 Å². The number of methoxy groups -OCH3 is 2. The van der Waals surface area contributed by atoms with E-state index in [1.165, 1.54) is 0 Å². The first kappa shape index (κ1) is 13.7. The second kappa shape index (κ2) is 6.45. The van der Waals surface area contributed by atoms with Gasteiger partial charge in [0.1, 0.15) is 5.75 Å². The number of hydrogen-bond acceptors (Lipinski definition) is 4. The van der Waals surface area contributed by atoms with Crippen molar-refractivity contribution in [3.63, 3.8) is 0 Å². The molecular weight excluding hydrogens is 266 g/mol. The molecule has 0 bridgehead atoms. The van der Waals surface area contributed by atoms with Crippen LogP contribution in [-0.2, 0) is 11.3 Å². The largest absolute Gasteiger partial charge is 0.495 e. The van der Waals surface area contributed by atoms with Gasteiger partial charge in [-0.15, -0.1) is 0 Å². The molecule has 1 heterocycles. The van der Waals surface area contributed by atoms with Gasteiger partial charge in [-0.25, -0.2) is 4.98 Å². The number of benzene rings is 1. The molecule has 5 nitrogen and oxygen atoms in total. The van der Waals surface area contributed by atoms with E-state index >= 15 is 0 Å². The quantitative estimate of drug-likeness (QED) is 0.884. The first-order chi connectivity index (χ1) is 9.24. The molecule has 102 valence electrons. The van der Waals surface area contributed by atoms with Crippen molar-refractivity contribution in [2.75, 3.05) is 26.1 Å². The minimum Gasteiger partial charge on any atom is -0.495 e. The molecule has 1 N–H and O–H groups in total. The first-order valence-corrected chi connectivity index (χ1v) is 6.23. The molecule has 0 radical (unpaired) electrons. The standard InChI is InChI=1S/C13H16ClN3O2/c1-18-8-7-17-6-5-15-13(17)16-10-3-4-11(14)12(9-10)19-2/h3-6,9H,7-8H2,1-2H3,(H,15,16). The van der Waals surface area contributed by atoms with Crippen molar-refractivity contribution in [3.05, 3.63) is 35.6 Å². The van der Waals surface area contributed by atoms with Crippen molar-refractivity contribution in [2.45, 2.75) is 6.54 Å². The molecule has 2 rings (SSSR count). The summed E-state index contributed by atoms with van der Waals surface area (Å²) in [6.45, 7) is 1.37. The van der Waals surface area contributed by atoms with Gasteiger partial charge in [-0.05, 0) is 12.1 Å². The van der Waals surface area contributed by atoms with Crippen LogP contribution in [0.1, 0.15) is 0 Å². The molecule has 0 aliphatic rings. The summed E-state index contributed by atoms with van der Waals surface area (Å²) in [4.78, 5) is 4.26. The van der Waals surface area contributed by atoms with Gasteiger partial charge in [-0.3, -0.25) is 0 Å². The third-order valence-corrected chi connectivity index (χ3v) is 2.97. The Kier molecular flexibility index (Phi) is 4.65. The van der Waals surface area contributed by atoms with Gasteiger partial charge in [0.15, 0.2) is 0 Å². The summed E-state index contributed by atoms with van der Waals surface area (Å²) in [6, 6.07) is 5.49. The van der Waals surface area contributed by atoms with Crippen LogP contribution in [0.4, 0.5) is 11.6 Å². The van der Waals surface area contributed by atoms with E-state index in [1.807, 2.05) is 22.9 Å². The molecule has 6 heteroatoms. The van der Waals surface area contributed by atoms with E-state index < -0.39 is 0 Å². The molecular formula is C13H16ClN3O2. The lowest BCUT2D eigenvalue weighted by Crippen LogP contribution is -2.07. The maximum atomic E-state index is 5.99. The van der Waals surface area contributed by atoms with Crippen molar-refractivity contribution < 1.29 is 9.47 Å². The van der Waals surface area contributed by atoms with E-state index in [-0.39, 0.29) is 0 Å². The SMILES string of the molecule is COCCn1ccnc1Nc1ccc(Cl)c(OC)c1. The summed E-state index contributed by atoms with van der Waals surface area (Å²) < 4.78 is 12.2. The smallest absolute Gasteiger partial charge is 0.207 e. The van der Waals surface area contributed by atoms with Gasteiger partial charge in [0.25, 0.3) is 0 Å². The number of ether oxygens (including phenoxy) is 2. The number of nitrogens with zero attached hydrogens (tertiary/aromatic N) is 2. The third-order valence-electron chi connectivity index (χ3n) is 2.66. The highest BCUT2D eigenvalue weighted by Crippen LogP contribution is 2.28. The minimum absolute atomic E-state index is 0.579. The van der Waals surface area contributed by atoms with Gasteiger partial charge >= 0.3 is 0 Å². The van der Waals surface area contributed by atoms with Crippen molar-refractivity contribution in [1.29, 1.82) is 0 Å². The number of halogens is 1. The molecule has 0 amide bonds. The van der Waals surface area contributed by atoms with Crippen LogP contribution in [0, 0.1) is 0 Å². The number of imidazole rings is 1. The average molecular weight is 282 g/mol. The van der Waals surface area contributed by atoms with Crippen LogP contribution in [0.3, 0.4) is 0 Å². The Morgan fingerprint density at radius 2 is 2.21 bits per heavy atom. The Bertz CT molecular complexity index is 542. The number of aromatic nitrogens is 2. The maximum Gasteiger partial charge on any atom is 0.207 e. The van der Waals surface area contributed by atoms with Gasteiger partial charge in [-0.2, -0.15) is 0 Å². The molecule has 2 aromatic rings. The highest BCUT2D eigenvalue weighted by Gasteiger charge is 2.06. The second-order valence-electron chi connectivity index (χ2n) is 3.91. The highest BCUT2D eigenvalue weighted by atomic mass is 35.5. The van der Waals surface area contributed by atoms with Gasteiger partial charge in [0, 0.05) is 37.8 Å². The Labute approximate surface area is 117 Å². The lowest BCUT2D eigenvalue weighted by atomic mass is 10.3. The van der Waals surface area contributed by atoms with Crippen LogP contribution in [0.15, 0.2) is 30.6 Å². The number of anilines is 2. The Balaban J connectivity index is 2.14. The van der Waals surface area contributed by atoms with Crippen LogP contribution < -0.4 is 10.1 Å². The van der Waals surface area contributed by atoms with Gasteiger partial charge in [0.05, 0.1) is 18.7 Å². The van der Waals surface area contributed by atoms with Gasteiger partial charge in [0.2, 0.25) is 5.95 Å². The van der Waals surface area contributed by atoms with Gasteiger partial charge < -0.3 is 19.4 Å². The second-order valence-corrected chi connectivity index (χ2v) is 4.32. The van der Waals surface area contributed by atoms with E-state index in [0.717, 1.165) is 18.2 Å². The fourth-order valence-electron chi connectivity index (χ4n) is 1.67. The molecule has 1 aromatic heterocycles. The number of nitrogens with one attached hydrogen (secondary N) is 1. The average Bonchev–Trinajstić information content (AvgIpc) is 2.86.